The van der Waals surface area contributed by atoms with Crippen molar-refractivity contribution < 1.29 is 0 Å². The number of aryl methyl sites for hydroxylation is 1. The number of nitrogens with one attached hydrogen (secondary N) is 1. The van der Waals surface area contributed by atoms with Gasteiger partial charge in [-0.1, -0.05) is 18.2 Å². The highest BCUT2D eigenvalue weighted by atomic mass is 79.9. The molecule has 0 unspecified atom stereocenters. The van der Waals surface area contributed by atoms with Gasteiger partial charge in [0.1, 0.15) is 5.82 Å². The van der Waals surface area contributed by atoms with Crippen LogP contribution in [0, 0.1) is 6.92 Å². The topological polar surface area (TPSA) is 37.8 Å². The second kappa shape index (κ2) is 4.97. The van der Waals surface area contributed by atoms with E-state index in [-0.39, 0.29) is 0 Å². The quantitative estimate of drug-likeness (QED) is 0.759. The number of aromatic nitrogens is 2. The van der Waals surface area contributed by atoms with E-state index in [2.05, 4.69) is 31.2 Å². The minimum atomic E-state index is 0.818. The van der Waals surface area contributed by atoms with E-state index in [1.165, 1.54) is 0 Å². The van der Waals surface area contributed by atoms with Gasteiger partial charge in [-0.3, -0.25) is 4.98 Å². The number of halogens is 1. The Bertz CT molecular complexity index is 735. The molecule has 3 aromatic rings. The summed E-state index contributed by atoms with van der Waals surface area (Å²) in [6.07, 6.45) is 1.80. The summed E-state index contributed by atoms with van der Waals surface area (Å²) in [6, 6.07) is 14.0. The van der Waals surface area contributed by atoms with Gasteiger partial charge in [0, 0.05) is 16.1 Å². The van der Waals surface area contributed by atoms with Crippen molar-refractivity contribution in [2.45, 2.75) is 6.92 Å². The van der Waals surface area contributed by atoms with Gasteiger partial charge < -0.3 is 5.32 Å². The fourth-order valence-electron chi connectivity index (χ4n) is 1.96. The van der Waals surface area contributed by atoms with Crippen molar-refractivity contribution in [1.82, 2.24) is 9.97 Å². The van der Waals surface area contributed by atoms with Crippen molar-refractivity contribution >= 4 is 38.3 Å². The van der Waals surface area contributed by atoms with Crippen LogP contribution in [0.15, 0.2) is 53.1 Å². The lowest BCUT2D eigenvalue weighted by Gasteiger charge is -2.09. The Kier molecular flexibility index (Phi) is 3.17. The van der Waals surface area contributed by atoms with Crippen molar-refractivity contribution in [3.63, 3.8) is 0 Å². The van der Waals surface area contributed by atoms with Crippen LogP contribution in [0.2, 0.25) is 0 Å². The van der Waals surface area contributed by atoms with Crippen molar-refractivity contribution in [2.75, 3.05) is 5.32 Å². The zero-order chi connectivity index (χ0) is 13.2. The number of nitrogens with zero attached hydrogens (tertiary/aromatic N) is 2. The highest BCUT2D eigenvalue weighted by molar-refractivity contribution is 9.10. The van der Waals surface area contributed by atoms with Gasteiger partial charge in [-0.05, 0) is 47.1 Å². The highest BCUT2D eigenvalue weighted by Gasteiger charge is 2.04. The first kappa shape index (κ1) is 12.1. The van der Waals surface area contributed by atoms with E-state index in [0.29, 0.717) is 0 Å². The smallest absolute Gasteiger partial charge is 0.130 e. The van der Waals surface area contributed by atoms with Crippen LogP contribution in [0.3, 0.4) is 0 Å². The van der Waals surface area contributed by atoms with Gasteiger partial charge in [0.25, 0.3) is 0 Å². The van der Waals surface area contributed by atoms with Gasteiger partial charge in [-0.2, -0.15) is 0 Å². The molecule has 0 fully saturated rings. The summed E-state index contributed by atoms with van der Waals surface area (Å²) in [5, 5.41) is 4.43. The molecule has 0 aliphatic heterocycles. The zero-order valence-corrected chi connectivity index (χ0v) is 12.0. The fraction of sp³-hybridized carbons (Fsp3) is 0.0667. The van der Waals surface area contributed by atoms with Crippen molar-refractivity contribution in [2.24, 2.45) is 0 Å². The molecule has 0 aliphatic carbocycles. The third-order valence-corrected chi connectivity index (χ3v) is 3.75. The standard InChI is InChI=1S/C15H12BrN3/c1-10-12(16)7-8-14(18-10)19-13-6-2-4-11-5-3-9-17-15(11)13/h2-9H,1H3,(H,18,19). The monoisotopic (exact) mass is 313 g/mol. The van der Waals surface area contributed by atoms with E-state index >= 15 is 0 Å². The maximum atomic E-state index is 4.49. The molecule has 0 aliphatic rings. The Balaban J connectivity index is 2.03. The maximum Gasteiger partial charge on any atom is 0.130 e. The molecule has 4 heteroatoms. The van der Waals surface area contributed by atoms with Crippen LogP contribution in [-0.2, 0) is 0 Å². The Hall–Kier alpha value is -1.94. The summed E-state index contributed by atoms with van der Waals surface area (Å²) in [6.45, 7) is 1.97. The number of para-hydroxylation sites is 1. The molecule has 3 rings (SSSR count). The fourth-order valence-corrected chi connectivity index (χ4v) is 2.18. The van der Waals surface area contributed by atoms with Crippen LogP contribution in [0.1, 0.15) is 5.69 Å². The third-order valence-electron chi connectivity index (χ3n) is 2.92. The molecule has 2 heterocycles. The number of hydrogen-bond acceptors (Lipinski definition) is 3. The molecule has 0 saturated carbocycles. The van der Waals surface area contributed by atoms with Crippen molar-refractivity contribution in [3.05, 3.63) is 58.8 Å². The molecule has 1 N–H and O–H groups in total. The molecular formula is C15H12BrN3. The minimum absolute atomic E-state index is 0.818. The van der Waals surface area contributed by atoms with E-state index in [0.717, 1.165) is 32.6 Å². The van der Waals surface area contributed by atoms with Crippen LogP contribution in [0.25, 0.3) is 10.9 Å². The summed E-state index contributed by atoms with van der Waals surface area (Å²) >= 11 is 3.45. The zero-order valence-electron chi connectivity index (χ0n) is 10.4. The van der Waals surface area contributed by atoms with Crippen LogP contribution in [0.5, 0.6) is 0 Å². The van der Waals surface area contributed by atoms with E-state index in [1.807, 2.05) is 49.4 Å². The van der Waals surface area contributed by atoms with Crippen LogP contribution < -0.4 is 5.32 Å². The van der Waals surface area contributed by atoms with Gasteiger partial charge >= 0.3 is 0 Å². The van der Waals surface area contributed by atoms with Crippen LogP contribution in [0.4, 0.5) is 11.5 Å². The van der Waals surface area contributed by atoms with Gasteiger partial charge in [-0.15, -0.1) is 0 Å². The molecule has 19 heavy (non-hydrogen) atoms. The van der Waals surface area contributed by atoms with E-state index in [9.17, 15) is 0 Å². The summed E-state index contributed by atoms with van der Waals surface area (Å²) in [5.41, 5.74) is 2.87. The molecule has 1 aromatic carbocycles. The third kappa shape index (κ3) is 2.44. The number of hydrogen-bond donors (Lipinski definition) is 1. The minimum Gasteiger partial charge on any atom is -0.338 e. The molecule has 0 amide bonds. The Labute approximate surface area is 119 Å². The first-order valence-electron chi connectivity index (χ1n) is 5.98. The Morgan fingerprint density at radius 3 is 2.74 bits per heavy atom. The second-order valence-electron chi connectivity index (χ2n) is 4.27. The number of anilines is 2. The number of benzene rings is 1. The molecule has 2 aromatic heterocycles. The highest BCUT2D eigenvalue weighted by Crippen LogP contribution is 2.25. The van der Waals surface area contributed by atoms with Gasteiger partial charge in [0.15, 0.2) is 0 Å². The average Bonchev–Trinajstić information content (AvgIpc) is 2.43. The van der Waals surface area contributed by atoms with Crippen molar-refractivity contribution in [3.8, 4) is 0 Å². The second-order valence-corrected chi connectivity index (χ2v) is 5.12. The Morgan fingerprint density at radius 2 is 1.89 bits per heavy atom. The first-order chi connectivity index (χ1) is 9.24. The van der Waals surface area contributed by atoms with Gasteiger partial charge in [-0.25, -0.2) is 4.98 Å². The van der Waals surface area contributed by atoms with E-state index < -0.39 is 0 Å². The number of fused-ring (bicyclic) bond motifs is 1. The molecule has 3 nitrogen and oxygen atoms in total. The number of pyridine rings is 2. The molecular weight excluding hydrogens is 302 g/mol. The summed E-state index contributed by atoms with van der Waals surface area (Å²) in [5.74, 6) is 0.818. The SMILES string of the molecule is Cc1nc(Nc2cccc3cccnc23)ccc1Br. The lowest BCUT2D eigenvalue weighted by Crippen LogP contribution is -1.96. The normalized spacial score (nSPS) is 10.6. The van der Waals surface area contributed by atoms with Crippen LogP contribution in [-0.4, -0.2) is 9.97 Å². The molecule has 0 radical (unpaired) electrons. The van der Waals surface area contributed by atoms with Crippen molar-refractivity contribution in [1.29, 1.82) is 0 Å². The molecule has 94 valence electrons. The lowest BCUT2D eigenvalue weighted by molar-refractivity contribution is 1.18. The summed E-state index contributed by atoms with van der Waals surface area (Å²) in [7, 11) is 0. The average molecular weight is 314 g/mol. The molecule has 0 bridgehead atoms. The molecule has 0 spiro atoms. The largest absolute Gasteiger partial charge is 0.338 e. The van der Waals surface area contributed by atoms with Gasteiger partial charge in [0.2, 0.25) is 0 Å². The predicted octanol–water partition coefficient (Wildman–Crippen LogP) is 4.44. The van der Waals surface area contributed by atoms with Gasteiger partial charge in [0.05, 0.1) is 16.9 Å². The summed E-state index contributed by atoms with van der Waals surface area (Å²) < 4.78 is 1.01. The predicted molar refractivity (Wildman–Crippen MR) is 81.7 cm³/mol. The first-order valence-corrected chi connectivity index (χ1v) is 6.77. The van der Waals surface area contributed by atoms with E-state index in [1.54, 1.807) is 6.20 Å². The van der Waals surface area contributed by atoms with Crippen LogP contribution >= 0.6 is 15.9 Å². The molecule has 0 atom stereocenters. The Morgan fingerprint density at radius 1 is 1.05 bits per heavy atom. The lowest BCUT2D eigenvalue weighted by atomic mass is 10.2. The number of rotatable bonds is 2. The van der Waals surface area contributed by atoms with E-state index in [4.69, 9.17) is 0 Å². The maximum absolute atomic E-state index is 4.49. The summed E-state index contributed by atoms with van der Waals surface area (Å²) in [4.78, 5) is 8.91. The molecule has 0 saturated heterocycles.